The second-order valence-electron chi connectivity index (χ2n) is 7.49. The molecule has 5 heteroatoms. The quantitative estimate of drug-likeness (QED) is 0.754. The second-order valence-corrected chi connectivity index (χ2v) is 7.49. The van der Waals surface area contributed by atoms with Crippen LogP contribution >= 0.6 is 0 Å². The van der Waals surface area contributed by atoms with Gasteiger partial charge in [-0.3, -0.25) is 0 Å². The van der Waals surface area contributed by atoms with Crippen LogP contribution in [0.4, 0.5) is 5.82 Å². The van der Waals surface area contributed by atoms with E-state index < -0.39 is 0 Å². The minimum atomic E-state index is 0.464. The molecule has 0 saturated carbocycles. The highest BCUT2D eigenvalue weighted by molar-refractivity contribution is 5.84. The van der Waals surface area contributed by atoms with Gasteiger partial charge in [-0.05, 0) is 51.9 Å². The van der Waals surface area contributed by atoms with Gasteiger partial charge in [0.1, 0.15) is 11.6 Å². The fraction of sp³-hybridized carbons (Fsp3) is 0.429. The molecule has 1 atom stereocenters. The molecule has 0 bridgehead atoms. The number of aryl methyl sites for hydroxylation is 2. The number of likely N-dealkylation sites (tertiary alicyclic amines) is 1. The zero-order valence-corrected chi connectivity index (χ0v) is 15.8. The molecular formula is C21H27N5. The molecule has 1 saturated heterocycles. The van der Waals surface area contributed by atoms with Crippen molar-refractivity contribution in [3.8, 4) is 0 Å². The van der Waals surface area contributed by atoms with Crippen LogP contribution in [0.25, 0.3) is 10.9 Å². The Morgan fingerprint density at radius 3 is 2.92 bits per heavy atom. The van der Waals surface area contributed by atoms with Crippen molar-refractivity contribution >= 4 is 16.7 Å². The summed E-state index contributed by atoms with van der Waals surface area (Å²) in [6.07, 6.45) is 3.25. The Bertz CT molecular complexity index is 914. The summed E-state index contributed by atoms with van der Waals surface area (Å²) in [5.41, 5.74) is 4.79. The highest BCUT2D eigenvalue weighted by Crippen LogP contribution is 2.25. The molecule has 3 heterocycles. The third-order valence-electron chi connectivity index (χ3n) is 5.25. The average Bonchev–Trinajstić information content (AvgIpc) is 2.90. The number of anilines is 1. The first-order valence-corrected chi connectivity index (χ1v) is 9.44. The second kappa shape index (κ2) is 7.08. The maximum absolute atomic E-state index is 4.69. The van der Waals surface area contributed by atoms with Crippen LogP contribution in [0.5, 0.6) is 0 Å². The van der Waals surface area contributed by atoms with Gasteiger partial charge in [0, 0.05) is 41.7 Å². The molecule has 3 aromatic rings. The molecule has 5 nitrogen and oxygen atoms in total. The number of hydrogen-bond acceptors (Lipinski definition) is 4. The minimum absolute atomic E-state index is 0.464. The van der Waals surface area contributed by atoms with E-state index in [1.54, 1.807) is 0 Å². The molecule has 1 aliphatic rings. The van der Waals surface area contributed by atoms with Crippen molar-refractivity contribution < 1.29 is 0 Å². The fourth-order valence-electron chi connectivity index (χ4n) is 4.03. The Balaban J connectivity index is 1.58. The van der Waals surface area contributed by atoms with Gasteiger partial charge in [-0.2, -0.15) is 0 Å². The average molecular weight is 349 g/mol. The van der Waals surface area contributed by atoms with E-state index in [1.807, 2.05) is 6.92 Å². The van der Waals surface area contributed by atoms with Gasteiger partial charge in [0.05, 0.1) is 5.69 Å². The summed E-state index contributed by atoms with van der Waals surface area (Å²) >= 11 is 0. The highest BCUT2D eigenvalue weighted by atomic mass is 15.2. The molecule has 136 valence electrons. The SMILES string of the molecule is Cc1nc(Cc2c(C)[nH]c3ccccc23)cc(N[C@H]2CCCN(C)C2)n1. The van der Waals surface area contributed by atoms with Gasteiger partial charge in [0.15, 0.2) is 0 Å². The van der Waals surface area contributed by atoms with Crippen LogP contribution in [-0.2, 0) is 6.42 Å². The topological polar surface area (TPSA) is 56.8 Å². The molecule has 2 aromatic heterocycles. The first-order valence-electron chi connectivity index (χ1n) is 9.44. The van der Waals surface area contributed by atoms with Crippen LogP contribution in [0, 0.1) is 13.8 Å². The smallest absolute Gasteiger partial charge is 0.130 e. The zero-order valence-electron chi connectivity index (χ0n) is 15.8. The van der Waals surface area contributed by atoms with Gasteiger partial charge in [-0.15, -0.1) is 0 Å². The van der Waals surface area contributed by atoms with Crippen molar-refractivity contribution in [2.24, 2.45) is 0 Å². The summed E-state index contributed by atoms with van der Waals surface area (Å²) < 4.78 is 0. The van der Waals surface area contributed by atoms with Gasteiger partial charge >= 0.3 is 0 Å². The summed E-state index contributed by atoms with van der Waals surface area (Å²) in [5.74, 6) is 1.77. The molecular weight excluding hydrogens is 322 g/mol. The Morgan fingerprint density at radius 2 is 2.08 bits per heavy atom. The number of benzene rings is 1. The van der Waals surface area contributed by atoms with Crippen LogP contribution < -0.4 is 5.32 Å². The predicted molar refractivity (Wildman–Crippen MR) is 107 cm³/mol. The van der Waals surface area contributed by atoms with Crippen LogP contribution in [-0.4, -0.2) is 46.0 Å². The summed E-state index contributed by atoms with van der Waals surface area (Å²) in [6, 6.07) is 11.0. The standard InChI is InChI=1S/C21H27N5/c1-14-19(18-8-4-5-9-20(18)22-14)11-17-12-21(24-15(2)23-17)25-16-7-6-10-26(3)13-16/h4-5,8-9,12,16,22H,6-7,10-11,13H2,1-3H3,(H,23,24,25)/t16-/m0/s1. The number of hydrogen-bond donors (Lipinski definition) is 2. The molecule has 0 unspecified atom stereocenters. The lowest BCUT2D eigenvalue weighted by Gasteiger charge is -2.30. The lowest BCUT2D eigenvalue weighted by Crippen LogP contribution is -2.39. The molecule has 4 rings (SSSR count). The van der Waals surface area contributed by atoms with E-state index in [9.17, 15) is 0 Å². The molecule has 0 spiro atoms. The molecule has 1 aromatic carbocycles. The largest absolute Gasteiger partial charge is 0.366 e. The van der Waals surface area contributed by atoms with Gasteiger partial charge in [0.25, 0.3) is 0 Å². The number of nitrogens with one attached hydrogen (secondary N) is 2. The Labute approximate surface area is 154 Å². The van der Waals surface area contributed by atoms with E-state index in [1.165, 1.54) is 41.5 Å². The first-order chi connectivity index (χ1) is 12.6. The number of H-pyrrole nitrogens is 1. The summed E-state index contributed by atoms with van der Waals surface area (Å²) in [6.45, 7) is 6.37. The zero-order chi connectivity index (χ0) is 18.1. The van der Waals surface area contributed by atoms with Crippen molar-refractivity contribution in [3.63, 3.8) is 0 Å². The maximum Gasteiger partial charge on any atom is 0.130 e. The Kier molecular flexibility index (Phi) is 4.64. The van der Waals surface area contributed by atoms with E-state index in [2.05, 4.69) is 69.5 Å². The highest BCUT2D eigenvalue weighted by Gasteiger charge is 2.18. The number of para-hydroxylation sites is 1. The van der Waals surface area contributed by atoms with E-state index in [4.69, 9.17) is 0 Å². The lowest BCUT2D eigenvalue weighted by molar-refractivity contribution is 0.260. The Hall–Kier alpha value is -2.40. The van der Waals surface area contributed by atoms with Crippen LogP contribution in [0.15, 0.2) is 30.3 Å². The fourth-order valence-corrected chi connectivity index (χ4v) is 4.03. The molecule has 1 aliphatic heterocycles. The van der Waals surface area contributed by atoms with Gasteiger partial charge in [0.2, 0.25) is 0 Å². The summed E-state index contributed by atoms with van der Waals surface area (Å²) in [5, 5.41) is 4.91. The van der Waals surface area contributed by atoms with E-state index in [0.29, 0.717) is 6.04 Å². The van der Waals surface area contributed by atoms with E-state index in [0.717, 1.165) is 30.3 Å². The van der Waals surface area contributed by atoms with E-state index in [-0.39, 0.29) is 0 Å². The number of rotatable bonds is 4. The minimum Gasteiger partial charge on any atom is -0.366 e. The molecule has 0 radical (unpaired) electrons. The molecule has 0 aliphatic carbocycles. The number of fused-ring (bicyclic) bond motifs is 1. The van der Waals surface area contributed by atoms with Crippen molar-refractivity contribution in [1.82, 2.24) is 19.9 Å². The van der Waals surface area contributed by atoms with Gasteiger partial charge in [-0.25, -0.2) is 9.97 Å². The monoisotopic (exact) mass is 349 g/mol. The van der Waals surface area contributed by atoms with E-state index >= 15 is 0 Å². The first kappa shape index (κ1) is 17.0. The van der Waals surface area contributed by atoms with Crippen LogP contribution in [0.3, 0.4) is 0 Å². The lowest BCUT2D eigenvalue weighted by atomic mass is 10.0. The molecule has 2 N–H and O–H groups in total. The molecule has 26 heavy (non-hydrogen) atoms. The maximum atomic E-state index is 4.69. The van der Waals surface area contributed by atoms with Gasteiger partial charge in [-0.1, -0.05) is 18.2 Å². The van der Waals surface area contributed by atoms with Crippen molar-refractivity contribution in [3.05, 3.63) is 53.1 Å². The number of aromatic amines is 1. The van der Waals surface area contributed by atoms with Crippen molar-refractivity contribution in [2.75, 3.05) is 25.5 Å². The van der Waals surface area contributed by atoms with Crippen LogP contribution in [0.2, 0.25) is 0 Å². The molecule has 1 fully saturated rings. The Morgan fingerprint density at radius 1 is 1.23 bits per heavy atom. The number of aromatic nitrogens is 3. The summed E-state index contributed by atoms with van der Waals surface area (Å²) in [4.78, 5) is 15.2. The van der Waals surface area contributed by atoms with Gasteiger partial charge < -0.3 is 15.2 Å². The van der Waals surface area contributed by atoms with Crippen molar-refractivity contribution in [1.29, 1.82) is 0 Å². The third-order valence-corrected chi connectivity index (χ3v) is 5.25. The number of piperidine rings is 1. The number of nitrogens with zero attached hydrogens (tertiary/aromatic N) is 3. The molecule has 0 amide bonds. The van der Waals surface area contributed by atoms with Crippen LogP contribution in [0.1, 0.15) is 35.6 Å². The number of likely N-dealkylation sites (N-methyl/N-ethyl adjacent to an activating group) is 1. The normalized spacial score (nSPS) is 18.3. The predicted octanol–water partition coefficient (Wildman–Crippen LogP) is 3.67. The van der Waals surface area contributed by atoms with Crippen molar-refractivity contribution in [2.45, 2.75) is 39.2 Å². The third kappa shape index (κ3) is 3.58. The summed E-state index contributed by atoms with van der Waals surface area (Å²) in [7, 11) is 2.18.